The van der Waals surface area contributed by atoms with E-state index < -0.39 is 12.0 Å². The van der Waals surface area contributed by atoms with E-state index in [9.17, 15) is 14.7 Å². The zero-order chi connectivity index (χ0) is 26.2. The normalized spacial score (nSPS) is 17.1. The van der Waals surface area contributed by atoms with Gasteiger partial charge in [-0.25, -0.2) is 19.7 Å². The molecule has 0 bridgehead atoms. The molecule has 1 atom stereocenters. The minimum absolute atomic E-state index is 0.0671. The van der Waals surface area contributed by atoms with Gasteiger partial charge in [0.15, 0.2) is 12.2 Å². The van der Waals surface area contributed by atoms with Crippen LogP contribution >= 0.6 is 0 Å². The minimum Gasteiger partial charge on any atom is -0.483 e. The lowest BCUT2D eigenvalue weighted by atomic mass is 10.2. The van der Waals surface area contributed by atoms with Crippen molar-refractivity contribution < 1.29 is 23.8 Å². The Morgan fingerprint density at radius 1 is 1.18 bits per heavy atom. The van der Waals surface area contributed by atoms with Crippen LogP contribution in [0, 0.1) is 0 Å². The molecular weight excluding hydrogens is 492 g/mol. The van der Waals surface area contributed by atoms with Crippen LogP contribution in [-0.4, -0.2) is 71.9 Å². The molecular formula is C25H26N8O5. The Bertz CT molecular complexity index is 1470. The second-order valence-electron chi connectivity index (χ2n) is 9.49. The Hall–Kier alpha value is -4.68. The lowest BCUT2D eigenvalue weighted by molar-refractivity contribution is 0.102. The predicted molar refractivity (Wildman–Crippen MR) is 135 cm³/mol. The first kappa shape index (κ1) is 23.7. The fraction of sp³-hybridized carbons (Fsp3) is 0.360. The van der Waals surface area contributed by atoms with Crippen LogP contribution in [0.2, 0.25) is 0 Å². The first-order valence-corrected chi connectivity index (χ1v) is 12.3. The number of amides is 2. The largest absolute Gasteiger partial charge is 0.483 e. The molecule has 1 aliphatic carbocycles. The molecule has 4 aromatic rings. The number of fused-ring (bicyclic) bond motifs is 1. The van der Waals surface area contributed by atoms with Crippen LogP contribution in [0.1, 0.15) is 35.5 Å². The number of ether oxygens (including phenoxy) is 1. The summed E-state index contributed by atoms with van der Waals surface area (Å²) in [6.45, 7) is 1.37. The molecule has 0 unspecified atom stereocenters. The summed E-state index contributed by atoms with van der Waals surface area (Å²) in [6, 6.07) is 3.60. The lowest BCUT2D eigenvalue weighted by Crippen LogP contribution is -2.42. The van der Waals surface area contributed by atoms with Gasteiger partial charge in [0.05, 0.1) is 35.8 Å². The summed E-state index contributed by atoms with van der Waals surface area (Å²) in [5.41, 5.74) is 1.31. The van der Waals surface area contributed by atoms with E-state index in [-0.39, 0.29) is 24.4 Å². The second kappa shape index (κ2) is 9.65. The molecule has 2 amide bonds. The van der Waals surface area contributed by atoms with Crippen LogP contribution in [0.15, 0.2) is 47.7 Å². The highest BCUT2D eigenvalue weighted by Gasteiger charge is 2.40. The van der Waals surface area contributed by atoms with Crippen molar-refractivity contribution in [1.82, 2.24) is 29.6 Å². The summed E-state index contributed by atoms with van der Waals surface area (Å²) in [7, 11) is 1.82. The number of carbonyl (C=O) groups excluding carboxylic acids is 1. The molecule has 13 heteroatoms. The van der Waals surface area contributed by atoms with E-state index in [1.165, 1.54) is 12.6 Å². The van der Waals surface area contributed by atoms with Crippen molar-refractivity contribution in [2.75, 3.05) is 23.3 Å². The Morgan fingerprint density at radius 2 is 2.05 bits per heavy atom. The molecule has 13 nitrogen and oxygen atoms in total. The van der Waals surface area contributed by atoms with Gasteiger partial charge in [-0.15, -0.1) is 0 Å². The van der Waals surface area contributed by atoms with Crippen molar-refractivity contribution >= 4 is 34.4 Å². The highest BCUT2D eigenvalue weighted by molar-refractivity contribution is 6.04. The summed E-state index contributed by atoms with van der Waals surface area (Å²) in [5.74, 6) is 1.13. The summed E-state index contributed by atoms with van der Waals surface area (Å²) >= 11 is 0. The van der Waals surface area contributed by atoms with E-state index in [1.54, 1.807) is 34.1 Å². The topological polar surface area (TPSA) is 152 Å². The molecule has 3 aromatic heterocycles. The highest BCUT2D eigenvalue weighted by atomic mass is 16.5. The Balaban J connectivity index is 1.16. The van der Waals surface area contributed by atoms with Gasteiger partial charge in [-0.1, -0.05) is 0 Å². The van der Waals surface area contributed by atoms with Gasteiger partial charge in [0.25, 0.3) is 5.91 Å². The number of nitrogens with zero attached hydrogens (tertiary/aromatic N) is 7. The Labute approximate surface area is 217 Å². The SMILES string of the molecule is Cn1cc2cc(NC(=O)c3cnc(N4CC[C@@H](N(C(=O)O)C5CC5)C4)cn3)c(OCc3cnco3)cc2n1. The van der Waals surface area contributed by atoms with E-state index in [4.69, 9.17) is 9.15 Å². The number of hydrogen-bond donors (Lipinski definition) is 2. The summed E-state index contributed by atoms with van der Waals surface area (Å²) in [5, 5.41) is 17.7. The molecule has 6 rings (SSSR count). The van der Waals surface area contributed by atoms with Gasteiger partial charge in [-0.05, 0) is 25.3 Å². The number of hydrogen-bond acceptors (Lipinski definition) is 9. The van der Waals surface area contributed by atoms with Gasteiger partial charge >= 0.3 is 6.09 Å². The minimum atomic E-state index is -0.869. The third-order valence-electron chi connectivity index (χ3n) is 6.73. The van der Waals surface area contributed by atoms with Gasteiger partial charge in [-0.3, -0.25) is 9.48 Å². The quantitative estimate of drug-likeness (QED) is 0.356. The van der Waals surface area contributed by atoms with Gasteiger partial charge in [0.2, 0.25) is 0 Å². The molecule has 38 heavy (non-hydrogen) atoms. The third kappa shape index (κ3) is 4.82. The number of aryl methyl sites for hydroxylation is 1. The first-order chi connectivity index (χ1) is 18.4. The second-order valence-corrected chi connectivity index (χ2v) is 9.49. The van der Waals surface area contributed by atoms with Crippen LogP contribution in [0.5, 0.6) is 5.75 Å². The van der Waals surface area contributed by atoms with Crippen molar-refractivity contribution in [3.63, 3.8) is 0 Å². The maximum absolute atomic E-state index is 13.1. The van der Waals surface area contributed by atoms with E-state index in [0.29, 0.717) is 41.6 Å². The molecule has 2 N–H and O–H groups in total. The maximum Gasteiger partial charge on any atom is 0.407 e. The molecule has 0 spiro atoms. The predicted octanol–water partition coefficient (Wildman–Crippen LogP) is 2.90. The number of carbonyl (C=O) groups is 2. The van der Waals surface area contributed by atoms with Gasteiger partial charge in [0.1, 0.15) is 23.9 Å². The third-order valence-corrected chi connectivity index (χ3v) is 6.73. The first-order valence-electron chi connectivity index (χ1n) is 12.3. The number of anilines is 2. The van der Waals surface area contributed by atoms with Crippen LogP contribution in [0.3, 0.4) is 0 Å². The maximum atomic E-state index is 13.1. The molecule has 2 aliphatic rings. The number of benzene rings is 1. The Morgan fingerprint density at radius 3 is 2.76 bits per heavy atom. The number of carboxylic acid groups (broad SMARTS) is 1. The summed E-state index contributed by atoms with van der Waals surface area (Å²) in [6.07, 6.45) is 9.41. The monoisotopic (exact) mass is 518 g/mol. The molecule has 196 valence electrons. The molecule has 1 saturated carbocycles. The van der Waals surface area contributed by atoms with E-state index >= 15 is 0 Å². The molecule has 1 saturated heterocycles. The van der Waals surface area contributed by atoms with Crippen molar-refractivity contribution in [3.05, 3.63) is 54.8 Å². The van der Waals surface area contributed by atoms with E-state index in [0.717, 1.165) is 24.6 Å². The van der Waals surface area contributed by atoms with E-state index in [1.807, 2.05) is 18.1 Å². The van der Waals surface area contributed by atoms with Crippen LogP contribution < -0.4 is 15.0 Å². The standard InChI is InChI=1S/C25H26N8O5/c1-31-11-15-6-20(22(7-19(15)30-31)37-13-18-8-26-14-38-18)29-24(34)21-9-28-23(10-27-21)32-5-4-17(12-32)33(25(35)36)16-2-3-16/h6-11,14,16-17H,2-5,12-13H2,1H3,(H,29,34)(H,35,36)/t17-/m1/s1. The average Bonchev–Trinajstić information content (AvgIpc) is 3.26. The van der Waals surface area contributed by atoms with Gasteiger partial charge in [0, 0.05) is 43.8 Å². The number of rotatable bonds is 8. The van der Waals surface area contributed by atoms with Crippen molar-refractivity contribution in [3.8, 4) is 5.75 Å². The summed E-state index contributed by atoms with van der Waals surface area (Å²) < 4.78 is 12.8. The van der Waals surface area contributed by atoms with Crippen LogP contribution in [0.25, 0.3) is 10.9 Å². The average molecular weight is 519 g/mol. The van der Waals surface area contributed by atoms with Crippen molar-refractivity contribution in [2.24, 2.45) is 7.05 Å². The zero-order valence-electron chi connectivity index (χ0n) is 20.6. The number of aromatic nitrogens is 5. The number of oxazole rings is 1. The fourth-order valence-electron chi connectivity index (χ4n) is 4.78. The van der Waals surface area contributed by atoms with Crippen LogP contribution in [-0.2, 0) is 13.7 Å². The fourth-order valence-corrected chi connectivity index (χ4v) is 4.78. The lowest BCUT2D eigenvalue weighted by Gasteiger charge is -2.26. The molecule has 2 fully saturated rings. The molecule has 1 aromatic carbocycles. The molecule has 4 heterocycles. The van der Waals surface area contributed by atoms with Gasteiger partial charge < -0.3 is 29.4 Å². The Kier molecular flexibility index (Phi) is 6.02. The summed E-state index contributed by atoms with van der Waals surface area (Å²) in [4.78, 5) is 41.0. The highest BCUT2D eigenvalue weighted by Crippen LogP contribution is 2.33. The molecule has 1 aliphatic heterocycles. The van der Waals surface area contributed by atoms with E-state index in [2.05, 4.69) is 25.4 Å². The zero-order valence-corrected chi connectivity index (χ0v) is 20.6. The van der Waals surface area contributed by atoms with Crippen molar-refractivity contribution in [2.45, 2.75) is 38.0 Å². The van der Waals surface area contributed by atoms with Crippen LogP contribution in [0.4, 0.5) is 16.3 Å². The smallest absolute Gasteiger partial charge is 0.407 e. The van der Waals surface area contributed by atoms with Gasteiger partial charge in [-0.2, -0.15) is 5.10 Å². The molecule has 0 radical (unpaired) electrons. The van der Waals surface area contributed by atoms with Crippen molar-refractivity contribution in [1.29, 1.82) is 0 Å². The number of nitrogens with one attached hydrogen (secondary N) is 1.